The van der Waals surface area contributed by atoms with Crippen molar-refractivity contribution >= 4 is 43.1 Å². The second kappa shape index (κ2) is 9.58. The molecule has 0 aliphatic carbocycles. The van der Waals surface area contributed by atoms with Gasteiger partial charge in [0.2, 0.25) is 0 Å². The Morgan fingerprint density at radius 3 is 1.13 bits per heavy atom. The minimum atomic E-state index is -0.458. The van der Waals surface area contributed by atoms with Crippen LogP contribution in [-0.2, 0) is 10.8 Å². The van der Waals surface area contributed by atoms with E-state index in [1.165, 1.54) is 43.4 Å². The fourth-order valence-corrected chi connectivity index (χ4v) is 7.68. The lowest BCUT2D eigenvalue weighted by atomic mass is 9.73. The molecule has 220 valence electrons. The number of benzene rings is 6. The Hall–Kier alpha value is -5.34. The lowest BCUT2D eigenvalue weighted by molar-refractivity contribution is 0.599. The Morgan fingerprint density at radius 2 is 0.717 bits per heavy atom. The Morgan fingerprint density at radius 1 is 0.370 bits per heavy atom. The summed E-state index contributed by atoms with van der Waals surface area (Å²) >= 11 is 0. The van der Waals surface area contributed by atoms with Crippen LogP contribution in [0.25, 0.3) is 65.6 Å². The molecule has 0 radical (unpaired) electrons. The fraction of sp³-hybridized carbons (Fsp3) is 0.136. The van der Waals surface area contributed by atoms with Crippen LogP contribution in [0, 0.1) is 0 Å². The van der Waals surface area contributed by atoms with E-state index in [0.29, 0.717) is 0 Å². The molecule has 0 saturated heterocycles. The van der Waals surface area contributed by atoms with Crippen LogP contribution in [0.3, 0.4) is 0 Å². The molecule has 3 heterocycles. The lowest BCUT2D eigenvalue weighted by Gasteiger charge is -2.31. The van der Waals surface area contributed by atoms with E-state index < -0.39 is 5.41 Å². The van der Waals surface area contributed by atoms with Gasteiger partial charge in [0.05, 0.1) is 22.8 Å². The number of rotatable bonds is 0. The van der Waals surface area contributed by atoms with Crippen LogP contribution in [0.2, 0.25) is 0 Å². The SMILES string of the molecule is CC1(C)c2cc3ccccc3c(n2)-c2cc(c3ccccc3c2)C(C)(C)c2cc(cc3ccccc23)-c2nc1cc1ccccc21. The number of hydrogen-bond acceptors (Lipinski definition) is 2. The molecule has 1 aliphatic heterocycles. The van der Waals surface area contributed by atoms with Crippen molar-refractivity contribution in [1.29, 1.82) is 0 Å². The van der Waals surface area contributed by atoms with Gasteiger partial charge in [-0.3, -0.25) is 9.97 Å². The normalized spacial score (nSPS) is 14.9. The van der Waals surface area contributed by atoms with Gasteiger partial charge >= 0.3 is 0 Å². The van der Waals surface area contributed by atoms with Gasteiger partial charge in [0.1, 0.15) is 0 Å². The Bertz CT molecular complexity index is 2360. The predicted molar refractivity (Wildman–Crippen MR) is 194 cm³/mol. The van der Waals surface area contributed by atoms with Crippen molar-refractivity contribution < 1.29 is 0 Å². The molecule has 0 saturated carbocycles. The number of hydrogen-bond donors (Lipinski definition) is 0. The molecule has 2 heteroatoms. The molecule has 9 rings (SSSR count). The van der Waals surface area contributed by atoms with E-state index in [9.17, 15) is 0 Å². The maximum atomic E-state index is 5.54. The highest BCUT2D eigenvalue weighted by atomic mass is 14.8. The van der Waals surface area contributed by atoms with Gasteiger partial charge in [0.15, 0.2) is 0 Å². The molecule has 0 N–H and O–H groups in total. The number of fused-ring (bicyclic) bond motifs is 18. The van der Waals surface area contributed by atoms with E-state index in [-0.39, 0.29) is 5.41 Å². The number of pyridine rings is 2. The monoisotopic (exact) mass is 590 g/mol. The van der Waals surface area contributed by atoms with Crippen LogP contribution in [-0.4, -0.2) is 9.97 Å². The summed E-state index contributed by atoms with van der Waals surface area (Å²) in [5, 5.41) is 9.68. The van der Waals surface area contributed by atoms with E-state index in [0.717, 1.165) is 44.7 Å². The average molecular weight is 591 g/mol. The minimum absolute atomic E-state index is 0.338. The van der Waals surface area contributed by atoms with Gasteiger partial charge < -0.3 is 0 Å². The van der Waals surface area contributed by atoms with Gasteiger partial charge in [-0.05, 0) is 93.7 Å². The van der Waals surface area contributed by atoms with Crippen LogP contribution in [0.4, 0.5) is 0 Å². The zero-order valence-electron chi connectivity index (χ0n) is 26.6. The first kappa shape index (κ1) is 27.0. The van der Waals surface area contributed by atoms with Crippen LogP contribution in [0.1, 0.15) is 50.2 Å². The summed E-state index contributed by atoms with van der Waals surface area (Å²) in [5.41, 5.74) is 8.13. The summed E-state index contributed by atoms with van der Waals surface area (Å²) in [6.45, 7) is 9.29. The van der Waals surface area contributed by atoms with Gasteiger partial charge in [-0.1, -0.05) is 111 Å². The second-order valence-corrected chi connectivity index (χ2v) is 13.9. The van der Waals surface area contributed by atoms with Crippen LogP contribution in [0.15, 0.2) is 133 Å². The maximum absolute atomic E-state index is 5.54. The lowest BCUT2D eigenvalue weighted by Crippen LogP contribution is -2.23. The van der Waals surface area contributed by atoms with Gasteiger partial charge in [-0.25, -0.2) is 0 Å². The molecular formula is C44H34N2. The summed E-state index contributed by atoms with van der Waals surface area (Å²) in [6.07, 6.45) is 0. The molecule has 0 amide bonds. The molecule has 0 unspecified atom stereocenters. The minimum Gasteiger partial charge on any atom is -0.251 e. The summed E-state index contributed by atoms with van der Waals surface area (Å²) in [6, 6.07) is 49.0. The van der Waals surface area contributed by atoms with Crippen LogP contribution in [0.5, 0.6) is 0 Å². The third-order valence-electron chi connectivity index (χ3n) is 10.4. The van der Waals surface area contributed by atoms with Crippen molar-refractivity contribution in [2.24, 2.45) is 0 Å². The first-order valence-electron chi connectivity index (χ1n) is 16.2. The molecule has 6 aromatic carbocycles. The topological polar surface area (TPSA) is 25.8 Å². The highest BCUT2D eigenvalue weighted by Crippen LogP contribution is 2.45. The highest BCUT2D eigenvalue weighted by molar-refractivity contribution is 6.02. The number of nitrogens with zero attached hydrogens (tertiary/aromatic N) is 2. The molecule has 46 heavy (non-hydrogen) atoms. The third kappa shape index (κ3) is 3.89. The highest BCUT2D eigenvalue weighted by Gasteiger charge is 2.32. The quantitative estimate of drug-likeness (QED) is 0.176. The Labute approximate surface area is 269 Å². The predicted octanol–water partition coefficient (Wildman–Crippen LogP) is 11.4. The molecule has 1 aliphatic rings. The number of aromatic nitrogens is 2. The van der Waals surface area contributed by atoms with Crippen LogP contribution < -0.4 is 0 Å². The maximum Gasteiger partial charge on any atom is 0.0784 e. The zero-order chi connectivity index (χ0) is 31.2. The molecule has 0 atom stereocenters. The van der Waals surface area contributed by atoms with Crippen molar-refractivity contribution in [3.63, 3.8) is 0 Å². The summed E-state index contributed by atoms with van der Waals surface area (Å²) in [7, 11) is 0. The standard InChI is InChI=1S/C44H34N2/c1-43(2)37-23-31(21-27-13-5-9-17-33(27)37)41-35-19-11-7-15-29(35)25-39(45-41)44(3,4)40-26-30-16-8-12-20-36(30)42(46-40)32-22-28-14-6-10-18-34(28)38(43)24-32/h5-26H,1-4H3. The molecular weight excluding hydrogens is 556 g/mol. The molecule has 0 spiro atoms. The third-order valence-corrected chi connectivity index (χ3v) is 10.4. The van der Waals surface area contributed by atoms with E-state index in [1.807, 2.05) is 0 Å². The molecule has 2 nitrogen and oxygen atoms in total. The smallest absolute Gasteiger partial charge is 0.0784 e. The van der Waals surface area contributed by atoms with Gasteiger partial charge in [0.25, 0.3) is 0 Å². The summed E-state index contributed by atoms with van der Waals surface area (Å²) in [5.74, 6) is 0. The van der Waals surface area contributed by atoms with Crippen molar-refractivity contribution in [3.8, 4) is 22.5 Å². The van der Waals surface area contributed by atoms with Gasteiger partial charge in [0, 0.05) is 32.7 Å². The molecule has 8 aromatic rings. The van der Waals surface area contributed by atoms with E-state index >= 15 is 0 Å². The zero-order valence-corrected chi connectivity index (χ0v) is 26.6. The first-order chi connectivity index (χ1) is 22.3. The van der Waals surface area contributed by atoms with Crippen molar-refractivity contribution in [3.05, 3.63) is 156 Å². The summed E-state index contributed by atoms with van der Waals surface area (Å²) in [4.78, 5) is 11.1. The summed E-state index contributed by atoms with van der Waals surface area (Å²) < 4.78 is 0. The Kier molecular flexibility index (Phi) is 5.63. The molecule has 8 bridgehead atoms. The van der Waals surface area contributed by atoms with Crippen molar-refractivity contribution in [2.75, 3.05) is 0 Å². The second-order valence-electron chi connectivity index (χ2n) is 13.9. The largest absolute Gasteiger partial charge is 0.251 e. The average Bonchev–Trinajstić information content (AvgIpc) is 3.09. The van der Waals surface area contributed by atoms with E-state index in [4.69, 9.17) is 9.97 Å². The fourth-order valence-electron chi connectivity index (χ4n) is 7.68. The van der Waals surface area contributed by atoms with E-state index in [2.05, 4.69) is 161 Å². The van der Waals surface area contributed by atoms with Gasteiger partial charge in [-0.2, -0.15) is 0 Å². The Balaban J connectivity index is 1.52. The molecule has 2 aromatic heterocycles. The first-order valence-corrected chi connectivity index (χ1v) is 16.2. The van der Waals surface area contributed by atoms with Crippen molar-refractivity contribution in [2.45, 2.75) is 38.5 Å². The van der Waals surface area contributed by atoms with Crippen molar-refractivity contribution in [1.82, 2.24) is 9.97 Å². The van der Waals surface area contributed by atoms with E-state index in [1.54, 1.807) is 0 Å². The van der Waals surface area contributed by atoms with Gasteiger partial charge in [-0.15, -0.1) is 0 Å². The van der Waals surface area contributed by atoms with Crippen LogP contribution >= 0.6 is 0 Å². The molecule has 0 fully saturated rings.